The molecule has 2 unspecified atom stereocenters. The van der Waals surface area contributed by atoms with Crippen LogP contribution in [0, 0.1) is 0 Å². The van der Waals surface area contributed by atoms with Crippen LogP contribution in [0.2, 0.25) is 0 Å². The van der Waals surface area contributed by atoms with Crippen molar-refractivity contribution in [3.05, 3.63) is 30.0 Å². The molecule has 2 heterocycles. The van der Waals surface area contributed by atoms with Crippen molar-refractivity contribution in [2.24, 2.45) is 0 Å². The Bertz CT molecular complexity index is 1070. The van der Waals surface area contributed by atoms with Gasteiger partial charge in [0.1, 0.15) is 16.7 Å². The first-order valence-electron chi connectivity index (χ1n) is 10.3. The summed E-state index contributed by atoms with van der Waals surface area (Å²) in [4.78, 5) is 11.9. The summed E-state index contributed by atoms with van der Waals surface area (Å²) in [5.41, 5.74) is 1.29. The first-order chi connectivity index (χ1) is 14.7. The van der Waals surface area contributed by atoms with E-state index in [1.165, 1.54) is 0 Å². The molecule has 2 aromatic rings. The summed E-state index contributed by atoms with van der Waals surface area (Å²) in [7, 11) is -3.71. The summed E-state index contributed by atoms with van der Waals surface area (Å²) in [6.45, 7) is 5.40. The molecule has 11 heteroatoms. The Morgan fingerprint density at radius 1 is 1.32 bits per heavy atom. The molecule has 2 aliphatic rings. The summed E-state index contributed by atoms with van der Waals surface area (Å²) < 4.78 is 38.7. The second-order valence-corrected chi connectivity index (χ2v) is 9.83. The van der Waals surface area contributed by atoms with E-state index in [2.05, 4.69) is 25.6 Å². The SMILES string of the molecule is CC(C)NC(=O)OC1CC[C@H](c2cc(Nc3cccc4c3S(=O)(=O)NC(C)O4)n[nH]2)C1. The molecule has 1 aliphatic carbocycles. The maximum Gasteiger partial charge on any atom is 0.407 e. The molecule has 1 amide bonds. The normalized spacial score (nSPS) is 24.3. The average Bonchev–Trinajstić information content (AvgIpc) is 3.29. The van der Waals surface area contributed by atoms with E-state index >= 15 is 0 Å². The lowest BCUT2D eigenvalue weighted by Gasteiger charge is -2.25. The molecule has 1 aliphatic heterocycles. The minimum atomic E-state index is -3.71. The van der Waals surface area contributed by atoms with E-state index in [0.29, 0.717) is 23.7 Å². The first kappa shape index (κ1) is 21.4. The first-order valence-corrected chi connectivity index (χ1v) is 11.8. The highest BCUT2D eigenvalue weighted by Gasteiger charge is 2.32. The second-order valence-electron chi connectivity index (χ2n) is 8.18. The molecule has 31 heavy (non-hydrogen) atoms. The van der Waals surface area contributed by atoms with Crippen LogP contribution in [0.1, 0.15) is 51.6 Å². The van der Waals surface area contributed by atoms with Gasteiger partial charge in [-0.15, -0.1) is 0 Å². The number of carbonyl (C=O) groups excluding carboxylic acids is 1. The number of rotatable bonds is 5. The number of amides is 1. The van der Waals surface area contributed by atoms with Gasteiger partial charge in [0.25, 0.3) is 0 Å². The average molecular weight is 450 g/mol. The predicted molar refractivity (Wildman–Crippen MR) is 114 cm³/mol. The van der Waals surface area contributed by atoms with Crippen molar-refractivity contribution in [2.45, 2.75) is 69.2 Å². The minimum Gasteiger partial charge on any atom is -0.473 e. The van der Waals surface area contributed by atoms with Gasteiger partial charge in [0.2, 0.25) is 10.0 Å². The number of aromatic nitrogens is 2. The molecule has 1 aromatic heterocycles. The van der Waals surface area contributed by atoms with Gasteiger partial charge in [-0.2, -0.15) is 9.82 Å². The number of hydrogen-bond donors (Lipinski definition) is 4. The van der Waals surface area contributed by atoms with Crippen LogP contribution in [-0.4, -0.2) is 43.1 Å². The lowest BCUT2D eigenvalue weighted by molar-refractivity contribution is 0.0981. The molecule has 10 nitrogen and oxygen atoms in total. The number of hydrogen-bond acceptors (Lipinski definition) is 7. The van der Waals surface area contributed by atoms with Crippen LogP contribution in [-0.2, 0) is 14.8 Å². The van der Waals surface area contributed by atoms with Crippen LogP contribution in [0.4, 0.5) is 16.3 Å². The molecule has 4 N–H and O–H groups in total. The van der Waals surface area contributed by atoms with Crippen molar-refractivity contribution < 1.29 is 22.7 Å². The van der Waals surface area contributed by atoms with Crippen LogP contribution < -0.4 is 20.1 Å². The highest BCUT2D eigenvalue weighted by molar-refractivity contribution is 7.89. The fraction of sp³-hybridized carbons (Fsp3) is 0.500. The lowest BCUT2D eigenvalue weighted by Crippen LogP contribution is -2.41. The number of ether oxygens (including phenoxy) is 2. The van der Waals surface area contributed by atoms with Gasteiger partial charge in [-0.1, -0.05) is 6.07 Å². The van der Waals surface area contributed by atoms with Gasteiger partial charge in [-0.3, -0.25) is 5.10 Å². The standard InChI is InChI=1S/C20H27N5O5S/c1-11(2)21-20(26)30-14-8-7-13(9-14)16-10-18(24-23-16)22-15-5-4-6-17-19(15)31(27,28)25-12(3)29-17/h4-6,10-14,25H,7-9H2,1-3H3,(H,21,26)(H2,22,23,24)/t12?,13-,14?/m0/s1. The van der Waals surface area contributed by atoms with Crippen molar-refractivity contribution in [3.8, 4) is 5.75 Å². The smallest absolute Gasteiger partial charge is 0.407 e. The Morgan fingerprint density at radius 2 is 2.13 bits per heavy atom. The molecular weight excluding hydrogens is 422 g/mol. The molecule has 0 saturated heterocycles. The molecule has 0 spiro atoms. The van der Waals surface area contributed by atoms with Gasteiger partial charge >= 0.3 is 6.09 Å². The highest BCUT2D eigenvalue weighted by atomic mass is 32.2. The fourth-order valence-electron chi connectivity index (χ4n) is 3.97. The van der Waals surface area contributed by atoms with Gasteiger partial charge in [0.05, 0.1) is 5.69 Å². The van der Waals surface area contributed by atoms with E-state index in [9.17, 15) is 13.2 Å². The largest absolute Gasteiger partial charge is 0.473 e. The van der Waals surface area contributed by atoms with E-state index in [1.807, 2.05) is 19.9 Å². The van der Waals surface area contributed by atoms with Crippen molar-refractivity contribution in [2.75, 3.05) is 5.32 Å². The zero-order chi connectivity index (χ0) is 22.2. The van der Waals surface area contributed by atoms with Crippen molar-refractivity contribution in [1.29, 1.82) is 0 Å². The molecule has 1 aromatic carbocycles. The molecule has 1 fully saturated rings. The zero-order valence-electron chi connectivity index (χ0n) is 17.6. The van der Waals surface area contributed by atoms with E-state index in [0.717, 1.165) is 18.5 Å². The van der Waals surface area contributed by atoms with Crippen LogP contribution in [0.25, 0.3) is 0 Å². The lowest BCUT2D eigenvalue weighted by atomic mass is 10.0. The Labute approximate surface area is 181 Å². The monoisotopic (exact) mass is 449 g/mol. The maximum atomic E-state index is 12.6. The number of H-pyrrole nitrogens is 1. The van der Waals surface area contributed by atoms with Crippen molar-refractivity contribution >= 4 is 27.6 Å². The number of aromatic amines is 1. The van der Waals surface area contributed by atoms with Gasteiger partial charge in [-0.05, 0) is 52.2 Å². The van der Waals surface area contributed by atoms with Crippen LogP contribution >= 0.6 is 0 Å². The summed E-state index contributed by atoms with van der Waals surface area (Å²) in [5, 5.41) is 13.1. The minimum absolute atomic E-state index is 0.0299. The number of sulfonamides is 1. The third-order valence-corrected chi connectivity index (χ3v) is 6.84. The van der Waals surface area contributed by atoms with Gasteiger partial charge in [0.15, 0.2) is 12.0 Å². The number of alkyl carbamates (subject to hydrolysis) is 1. The Morgan fingerprint density at radius 3 is 2.90 bits per heavy atom. The molecular formula is C20H27N5O5S. The Balaban J connectivity index is 1.44. The summed E-state index contributed by atoms with van der Waals surface area (Å²) in [6.07, 6.45) is 1.19. The van der Waals surface area contributed by atoms with Gasteiger partial charge in [-0.25, -0.2) is 13.2 Å². The van der Waals surface area contributed by atoms with E-state index in [1.54, 1.807) is 25.1 Å². The molecule has 3 atom stereocenters. The number of nitrogens with zero attached hydrogens (tertiary/aromatic N) is 1. The van der Waals surface area contributed by atoms with E-state index in [4.69, 9.17) is 9.47 Å². The number of fused-ring (bicyclic) bond motifs is 1. The molecule has 1 saturated carbocycles. The highest BCUT2D eigenvalue weighted by Crippen LogP contribution is 2.38. The van der Waals surface area contributed by atoms with Crippen molar-refractivity contribution in [3.63, 3.8) is 0 Å². The quantitative estimate of drug-likeness (QED) is 0.551. The maximum absolute atomic E-state index is 12.6. The Hall–Kier alpha value is -2.79. The summed E-state index contributed by atoms with van der Waals surface area (Å²) in [5.74, 6) is 0.973. The second kappa shape index (κ2) is 8.39. The van der Waals surface area contributed by atoms with E-state index < -0.39 is 22.3 Å². The Kier molecular flexibility index (Phi) is 5.80. The topological polar surface area (TPSA) is 134 Å². The predicted octanol–water partition coefficient (Wildman–Crippen LogP) is 2.94. The fourth-order valence-corrected chi connectivity index (χ4v) is 5.37. The van der Waals surface area contributed by atoms with Crippen LogP contribution in [0.3, 0.4) is 0 Å². The third kappa shape index (κ3) is 4.77. The number of anilines is 2. The number of benzene rings is 1. The van der Waals surface area contributed by atoms with Crippen LogP contribution in [0.15, 0.2) is 29.2 Å². The molecule has 0 radical (unpaired) electrons. The number of carbonyl (C=O) groups is 1. The van der Waals surface area contributed by atoms with Gasteiger partial charge < -0.3 is 20.1 Å². The van der Waals surface area contributed by atoms with E-state index in [-0.39, 0.29) is 23.0 Å². The van der Waals surface area contributed by atoms with Crippen LogP contribution in [0.5, 0.6) is 5.75 Å². The molecule has 4 rings (SSSR count). The third-order valence-electron chi connectivity index (χ3n) is 5.24. The summed E-state index contributed by atoms with van der Waals surface area (Å²) in [6, 6.07) is 6.90. The zero-order valence-corrected chi connectivity index (χ0v) is 18.5. The summed E-state index contributed by atoms with van der Waals surface area (Å²) >= 11 is 0. The molecule has 0 bridgehead atoms. The van der Waals surface area contributed by atoms with Crippen molar-refractivity contribution in [1.82, 2.24) is 20.2 Å². The molecule has 168 valence electrons. The van der Waals surface area contributed by atoms with Gasteiger partial charge in [0, 0.05) is 23.7 Å². The number of nitrogens with one attached hydrogen (secondary N) is 4.